The van der Waals surface area contributed by atoms with Gasteiger partial charge in [-0.05, 0) is 19.5 Å². The standard InChI is InChI=1S/C13H18N2O.ClH/c1-11(15(2)10-6-9-14)13(16)12-7-4-3-5-8-12;/h3-5,7-8,11,13,16H,6,10H2,1-2H3;1H/t11-,13-;/m0./s1. The monoisotopic (exact) mass is 254 g/mol. The van der Waals surface area contributed by atoms with E-state index in [0.29, 0.717) is 13.0 Å². The Bertz CT molecular complexity index is 350. The molecule has 2 atom stereocenters. The van der Waals surface area contributed by atoms with Crippen LogP contribution in [0.5, 0.6) is 0 Å². The minimum Gasteiger partial charge on any atom is -0.387 e. The van der Waals surface area contributed by atoms with E-state index in [1.165, 1.54) is 0 Å². The van der Waals surface area contributed by atoms with Crippen molar-refractivity contribution >= 4 is 12.4 Å². The molecule has 0 unspecified atom stereocenters. The summed E-state index contributed by atoms with van der Waals surface area (Å²) in [6.07, 6.45) is -0.0209. The molecule has 17 heavy (non-hydrogen) atoms. The third-order valence-corrected chi connectivity index (χ3v) is 2.87. The topological polar surface area (TPSA) is 47.3 Å². The summed E-state index contributed by atoms with van der Waals surface area (Å²) >= 11 is 0. The van der Waals surface area contributed by atoms with E-state index in [1.54, 1.807) is 0 Å². The molecule has 0 saturated heterocycles. The van der Waals surface area contributed by atoms with Gasteiger partial charge in [0, 0.05) is 19.0 Å². The molecule has 1 aromatic rings. The molecule has 0 fully saturated rings. The van der Waals surface area contributed by atoms with Crippen LogP contribution in [-0.4, -0.2) is 29.6 Å². The first-order valence-electron chi connectivity index (χ1n) is 5.47. The van der Waals surface area contributed by atoms with Crippen molar-refractivity contribution in [2.24, 2.45) is 0 Å². The lowest BCUT2D eigenvalue weighted by atomic mass is 10.0. The molecule has 0 spiro atoms. The SMILES string of the molecule is C[C@@H]([C@H](O)c1ccccc1)N(C)CCC#N.Cl. The fourth-order valence-corrected chi connectivity index (χ4v) is 1.60. The largest absolute Gasteiger partial charge is 0.387 e. The minimum absolute atomic E-state index is 0. The highest BCUT2D eigenvalue weighted by Gasteiger charge is 2.19. The normalized spacial score (nSPS) is 13.6. The fraction of sp³-hybridized carbons (Fsp3) is 0.462. The molecule has 3 nitrogen and oxygen atoms in total. The zero-order valence-electron chi connectivity index (χ0n) is 10.2. The Morgan fingerprint density at radius 3 is 2.47 bits per heavy atom. The Labute approximate surface area is 109 Å². The Morgan fingerprint density at radius 1 is 1.35 bits per heavy atom. The highest BCUT2D eigenvalue weighted by molar-refractivity contribution is 5.85. The number of halogens is 1. The van der Waals surface area contributed by atoms with Crippen LogP contribution < -0.4 is 0 Å². The molecule has 1 N–H and O–H groups in total. The molecule has 0 heterocycles. The van der Waals surface area contributed by atoms with Crippen LogP contribution in [0.4, 0.5) is 0 Å². The first kappa shape index (κ1) is 15.9. The summed E-state index contributed by atoms with van der Waals surface area (Å²) in [5.74, 6) is 0. The van der Waals surface area contributed by atoms with Gasteiger partial charge in [0.05, 0.1) is 12.2 Å². The summed E-state index contributed by atoms with van der Waals surface area (Å²) in [5, 5.41) is 18.6. The van der Waals surface area contributed by atoms with Gasteiger partial charge in [0.1, 0.15) is 0 Å². The van der Waals surface area contributed by atoms with E-state index in [-0.39, 0.29) is 18.4 Å². The van der Waals surface area contributed by atoms with Crippen molar-refractivity contribution in [2.75, 3.05) is 13.6 Å². The van der Waals surface area contributed by atoms with Crippen LogP contribution in [0.2, 0.25) is 0 Å². The molecule has 0 saturated carbocycles. The van der Waals surface area contributed by atoms with Crippen molar-refractivity contribution in [3.63, 3.8) is 0 Å². The third-order valence-electron chi connectivity index (χ3n) is 2.87. The summed E-state index contributed by atoms with van der Waals surface area (Å²) in [7, 11) is 1.92. The van der Waals surface area contributed by atoms with E-state index in [4.69, 9.17) is 5.26 Å². The van der Waals surface area contributed by atoms with E-state index in [2.05, 4.69) is 6.07 Å². The molecule has 0 radical (unpaired) electrons. The molecule has 94 valence electrons. The number of nitrogens with zero attached hydrogens (tertiary/aromatic N) is 2. The molecule has 0 aliphatic heterocycles. The number of aliphatic hydroxyl groups is 1. The lowest BCUT2D eigenvalue weighted by Gasteiger charge is -2.28. The van der Waals surface area contributed by atoms with Crippen LogP contribution in [0.1, 0.15) is 25.0 Å². The van der Waals surface area contributed by atoms with Gasteiger partial charge >= 0.3 is 0 Å². The maximum atomic E-state index is 10.1. The number of aliphatic hydroxyl groups excluding tert-OH is 1. The zero-order chi connectivity index (χ0) is 12.0. The molecule has 4 heteroatoms. The second-order valence-electron chi connectivity index (χ2n) is 3.98. The lowest BCUT2D eigenvalue weighted by molar-refractivity contribution is 0.0737. The summed E-state index contributed by atoms with van der Waals surface area (Å²) in [6.45, 7) is 2.65. The number of hydrogen-bond acceptors (Lipinski definition) is 3. The van der Waals surface area contributed by atoms with Gasteiger partial charge < -0.3 is 5.11 Å². The number of benzene rings is 1. The Kier molecular flexibility index (Phi) is 7.56. The Morgan fingerprint density at radius 2 is 1.94 bits per heavy atom. The van der Waals surface area contributed by atoms with Crippen LogP contribution in [0.25, 0.3) is 0 Å². The maximum absolute atomic E-state index is 10.1. The molecule has 1 aromatic carbocycles. The first-order chi connectivity index (χ1) is 7.66. The van der Waals surface area contributed by atoms with Gasteiger partial charge in [-0.2, -0.15) is 5.26 Å². The van der Waals surface area contributed by atoms with Crippen molar-refractivity contribution in [3.8, 4) is 6.07 Å². The van der Waals surface area contributed by atoms with Gasteiger partial charge in [0.2, 0.25) is 0 Å². The van der Waals surface area contributed by atoms with Crippen molar-refractivity contribution in [2.45, 2.75) is 25.5 Å². The first-order valence-corrected chi connectivity index (χ1v) is 5.47. The van der Waals surface area contributed by atoms with Crippen molar-refractivity contribution in [1.82, 2.24) is 4.90 Å². The van der Waals surface area contributed by atoms with Gasteiger partial charge in [0.25, 0.3) is 0 Å². The number of nitriles is 1. The van der Waals surface area contributed by atoms with E-state index in [9.17, 15) is 5.11 Å². The van der Waals surface area contributed by atoms with Crippen molar-refractivity contribution < 1.29 is 5.11 Å². The summed E-state index contributed by atoms with van der Waals surface area (Å²) in [4.78, 5) is 2.00. The Hall–Kier alpha value is -1.08. The molecule has 0 aliphatic carbocycles. The van der Waals surface area contributed by atoms with Crippen molar-refractivity contribution in [3.05, 3.63) is 35.9 Å². The quantitative estimate of drug-likeness (QED) is 0.878. The molecular weight excluding hydrogens is 236 g/mol. The van der Waals surface area contributed by atoms with E-state index in [1.807, 2.05) is 49.2 Å². The second-order valence-corrected chi connectivity index (χ2v) is 3.98. The third kappa shape index (κ3) is 4.74. The van der Waals surface area contributed by atoms with E-state index >= 15 is 0 Å². The molecular formula is C13H19ClN2O. The zero-order valence-corrected chi connectivity index (χ0v) is 11.0. The van der Waals surface area contributed by atoms with Crippen LogP contribution >= 0.6 is 12.4 Å². The number of likely N-dealkylation sites (N-methyl/N-ethyl adjacent to an activating group) is 1. The molecule has 0 aliphatic rings. The van der Waals surface area contributed by atoms with Crippen LogP contribution in [0, 0.1) is 11.3 Å². The summed E-state index contributed by atoms with van der Waals surface area (Å²) < 4.78 is 0. The fourth-order valence-electron chi connectivity index (χ4n) is 1.60. The minimum atomic E-state index is -0.509. The van der Waals surface area contributed by atoms with Crippen molar-refractivity contribution in [1.29, 1.82) is 5.26 Å². The van der Waals surface area contributed by atoms with Gasteiger partial charge in [-0.25, -0.2) is 0 Å². The average molecular weight is 255 g/mol. The Balaban J connectivity index is 0.00000256. The van der Waals surface area contributed by atoms with Crippen LogP contribution in [0.3, 0.4) is 0 Å². The highest BCUT2D eigenvalue weighted by Crippen LogP contribution is 2.19. The summed E-state index contributed by atoms with van der Waals surface area (Å²) in [5.41, 5.74) is 0.916. The average Bonchev–Trinajstić information content (AvgIpc) is 2.35. The number of hydrogen-bond donors (Lipinski definition) is 1. The molecule has 0 aromatic heterocycles. The second kappa shape index (κ2) is 8.08. The predicted octanol–water partition coefficient (Wildman–Crippen LogP) is 2.38. The smallest absolute Gasteiger partial charge is 0.0942 e. The molecule has 0 bridgehead atoms. The predicted molar refractivity (Wildman–Crippen MR) is 71.0 cm³/mol. The van der Waals surface area contributed by atoms with Crippen LogP contribution in [-0.2, 0) is 0 Å². The van der Waals surface area contributed by atoms with E-state index < -0.39 is 6.10 Å². The summed E-state index contributed by atoms with van der Waals surface area (Å²) in [6, 6.07) is 11.7. The molecule has 1 rings (SSSR count). The highest BCUT2D eigenvalue weighted by atomic mass is 35.5. The van der Waals surface area contributed by atoms with Gasteiger partial charge in [-0.3, -0.25) is 4.90 Å². The van der Waals surface area contributed by atoms with Gasteiger partial charge in [0.15, 0.2) is 0 Å². The molecule has 0 amide bonds. The van der Waals surface area contributed by atoms with Crippen LogP contribution in [0.15, 0.2) is 30.3 Å². The van der Waals surface area contributed by atoms with E-state index in [0.717, 1.165) is 5.56 Å². The number of rotatable bonds is 5. The maximum Gasteiger partial charge on any atom is 0.0942 e. The van der Waals surface area contributed by atoms with Gasteiger partial charge in [-0.1, -0.05) is 30.3 Å². The lowest BCUT2D eigenvalue weighted by Crippen LogP contribution is -2.34. The van der Waals surface area contributed by atoms with Gasteiger partial charge in [-0.15, -0.1) is 12.4 Å².